The van der Waals surface area contributed by atoms with E-state index in [1.807, 2.05) is 48.5 Å². The first-order valence-electron chi connectivity index (χ1n) is 16.5. The molecule has 4 aromatic rings. The van der Waals surface area contributed by atoms with Crippen molar-refractivity contribution in [1.82, 2.24) is 20.1 Å². The highest BCUT2D eigenvalue weighted by atomic mass is 16.6. The Bertz CT molecular complexity index is 1920. The Morgan fingerprint density at radius 3 is 2.18 bits per heavy atom. The molecule has 1 aliphatic rings. The van der Waals surface area contributed by atoms with Crippen molar-refractivity contribution < 1.29 is 33.3 Å². The van der Waals surface area contributed by atoms with Gasteiger partial charge in [0, 0.05) is 42.2 Å². The van der Waals surface area contributed by atoms with Crippen LogP contribution in [0, 0.1) is 0 Å². The van der Waals surface area contributed by atoms with Crippen molar-refractivity contribution in [3.63, 3.8) is 0 Å². The molecule has 50 heavy (non-hydrogen) atoms. The van der Waals surface area contributed by atoms with Gasteiger partial charge in [0.05, 0.1) is 33.4 Å². The van der Waals surface area contributed by atoms with Crippen molar-refractivity contribution in [2.24, 2.45) is 0 Å². The molecule has 3 aromatic carbocycles. The molecule has 0 unspecified atom stereocenters. The molecule has 0 aliphatic carbocycles. The second kappa shape index (κ2) is 15.4. The number of carbonyl (C=O) groups is 3. The molecule has 264 valence electrons. The summed E-state index contributed by atoms with van der Waals surface area (Å²) in [5, 5.41) is 6.43. The number of methoxy groups -OCH3 is 3. The average Bonchev–Trinajstić information content (AvgIpc) is 3.10. The van der Waals surface area contributed by atoms with Crippen LogP contribution in [0.15, 0.2) is 71.5 Å². The van der Waals surface area contributed by atoms with E-state index < -0.39 is 11.7 Å². The molecule has 3 amide bonds. The van der Waals surface area contributed by atoms with E-state index in [4.69, 9.17) is 18.9 Å². The zero-order valence-corrected chi connectivity index (χ0v) is 29.3. The van der Waals surface area contributed by atoms with E-state index in [0.29, 0.717) is 54.3 Å². The first kappa shape index (κ1) is 35.8. The van der Waals surface area contributed by atoms with Crippen LogP contribution in [0.3, 0.4) is 0 Å². The van der Waals surface area contributed by atoms with Gasteiger partial charge in [0.15, 0.2) is 11.5 Å². The second-order valence-electron chi connectivity index (χ2n) is 13.1. The third-order valence-corrected chi connectivity index (χ3v) is 8.54. The number of rotatable bonds is 10. The van der Waals surface area contributed by atoms with Crippen LogP contribution in [-0.2, 0) is 16.1 Å². The molecule has 5 rings (SSSR count). The summed E-state index contributed by atoms with van der Waals surface area (Å²) in [6.07, 6.45) is 0.560. The predicted molar refractivity (Wildman–Crippen MR) is 190 cm³/mol. The molecule has 0 bridgehead atoms. The van der Waals surface area contributed by atoms with Crippen molar-refractivity contribution in [3.05, 3.63) is 88.2 Å². The molecule has 0 atom stereocenters. The van der Waals surface area contributed by atoms with Crippen molar-refractivity contribution in [2.75, 3.05) is 41.0 Å². The maximum atomic E-state index is 13.6. The van der Waals surface area contributed by atoms with Crippen LogP contribution in [0.25, 0.3) is 22.0 Å². The number of nitrogens with zero attached hydrogens (tertiary/aromatic N) is 2. The van der Waals surface area contributed by atoms with Crippen LogP contribution < -0.4 is 30.4 Å². The van der Waals surface area contributed by atoms with E-state index in [1.54, 1.807) is 69.8 Å². The van der Waals surface area contributed by atoms with E-state index in [1.165, 1.54) is 0 Å². The van der Waals surface area contributed by atoms with Crippen LogP contribution >= 0.6 is 0 Å². The van der Waals surface area contributed by atoms with E-state index >= 15 is 0 Å². The summed E-state index contributed by atoms with van der Waals surface area (Å²) < 4.78 is 23.3. The fourth-order valence-corrected chi connectivity index (χ4v) is 5.95. The van der Waals surface area contributed by atoms with Crippen molar-refractivity contribution >= 4 is 28.8 Å². The minimum Gasteiger partial charge on any atom is -0.497 e. The highest BCUT2D eigenvalue weighted by molar-refractivity contribution is 5.96. The monoisotopic (exact) mass is 684 g/mol. The molecule has 1 saturated heterocycles. The number of benzene rings is 3. The van der Waals surface area contributed by atoms with Gasteiger partial charge in [-0.25, -0.2) is 4.79 Å². The molecule has 1 aromatic heterocycles. The van der Waals surface area contributed by atoms with Crippen molar-refractivity contribution in [3.8, 4) is 28.4 Å². The topological polar surface area (TPSA) is 137 Å². The van der Waals surface area contributed by atoms with Crippen LogP contribution in [0.2, 0.25) is 0 Å². The van der Waals surface area contributed by atoms with Gasteiger partial charge in [0.1, 0.15) is 17.9 Å². The molecule has 0 saturated carbocycles. The number of carbonyl (C=O) groups excluding carboxylic acids is 3. The first-order valence-corrected chi connectivity index (χ1v) is 16.5. The number of alkyl carbamates (subject to hydrolysis) is 1. The highest BCUT2D eigenvalue weighted by Crippen LogP contribution is 2.35. The van der Waals surface area contributed by atoms with Gasteiger partial charge in [-0.15, -0.1) is 0 Å². The van der Waals surface area contributed by atoms with Crippen LogP contribution in [0.5, 0.6) is 17.2 Å². The third kappa shape index (κ3) is 8.55. The molecule has 12 heteroatoms. The van der Waals surface area contributed by atoms with Gasteiger partial charge in [-0.1, -0.05) is 18.2 Å². The number of hydrogen-bond acceptors (Lipinski definition) is 8. The fraction of sp³-hybridized carbons (Fsp3) is 0.368. The Morgan fingerprint density at radius 2 is 1.54 bits per heavy atom. The summed E-state index contributed by atoms with van der Waals surface area (Å²) in [6, 6.07) is 19.9. The van der Waals surface area contributed by atoms with E-state index in [9.17, 15) is 19.2 Å². The molecule has 2 heterocycles. The van der Waals surface area contributed by atoms with Gasteiger partial charge in [-0.3, -0.25) is 14.4 Å². The highest BCUT2D eigenvalue weighted by Gasteiger charge is 2.25. The lowest BCUT2D eigenvalue weighted by Gasteiger charge is -2.32. The first-order chi connectivity index (χ1) is 23.9. The van der Waals surface area contributed by atoms with Gasteiger partial charge in [-0.2, -0.15) is 0 Å². The summed E-state index contributed by atoms with van der Waals surface area (Å²) in [5.41, 5.74) is 2.77. The zero-order chi connectivity index (χ0) is 36.0. The van der Waals surface area contributed by atoms with Crippen molar-refractivity contribution in [2.45, 2.75) is 51.8 Å². The fourth-order valence-electron chi connectivity index (χ4n) is 5.95. The van der Waals surface area contributed by atoms with Crippen LogP contribution in [0.1, 0.15) is 49.5 Å². The molecule has 2 N–H and O–H groups in total. The number of hydrogen-bond donors (Lipinski definition) is 2. The Labute approximate surface area is 291 Å². The SMILES string of the molecule is COc1ccc2c(-c3ccc(OC)c(OC)c3)cc(=O)n(Cc3ccc(C(=O)NC4CCN(C(=O)CNC(=O)OC(C)(C)C)CC4)cc3)c2c1. The average molecular weight is 685 g/mol. The molecule has 1 fully saturated rings. The molecule has 0 spiro atoms. The quantitative estimate of drug-likeness (QED) is 0.239. The van der Waals surface area contributed by atoms with Crippen LogP contribution in [-0.4, -0.2) is 80.0 Å². The smallest absolute Gasteiger partial charge is 0.408 e. The van der Waals surface area contributed by atoms with Gasteiger partial charge < -0.3 is 39.0 Å². The normalized spacial score (nSPS) is 13.4. The van der Waals surface area contributed by atoms with Crippen LogP contribution in [0.4, 0.5) is 4.79 Å². The largest absolute Gasteiger partial charge is 0.497 e. The molecule has 1 aliphatic heterocycles. The standard InChI is InChI=1S/C38H44N4O8/c1-38(2,3)50-37(46)39-22-35(44)41-17-15-27(16-18-41)40-36(45)25-9-7-24(8-10-25)23-42-31-20-28(47-4)12-13-29(31)30(21-34(42)43)26-11-14-32(48-5)33(19-26)49-6/h7-14,19-21,27H,15-18,22-23H2,1-6H3,(H,39,46)(H,40,45). The summed E-state index contributed by atoms with van der Waals surface area (Å²) in [6.45, 7) is 6.35. The number of nitrogens with one attached hydrogen (secondary N) is 2. The summed E-state index contributed by atoms with van der Waals surface area (Å²) in [4.78, 5) is 52.9. The maximum absolute atomic E-state index is 13.6. The summed E-state index contributed by atoms with van der Waals surface area (Å²) in [5.74, 6) is 1.37. The Balaban J connectivity index is 1.24. The summed E-state index contributed by atoms with van der Waals surface area (Å²) in [7, 11) is 4.73. The number of likely N-dealkylation sites (tertiary alicyclic amines) is 1. The van der Waals surface area contributed by atoms with Gasteiger partial charge in [-0.05, 0) is 86.7 Å². The third-order valence-electron chi connectivity index (χ3n) is 8.54. The minimum atomic E-state index is -0.645. The Hall–Kier alpha value is -5.52. The lowest BCUT2D eigenvalue weighted by molar-refractivity contribution is -0.131. The van der Waals surface area contributed by atoms with Gasteiger partial charge in [0.25, 0.3) is 11.5 Å². The number of aromatic nitrogens is 1. The zero-order valence-electron chi connectivity index (χ0n) is 29.3. The van der Waals surface area contributed by atoms with Crippen molar-refractivity contribution in [1.29, 1.82) is 0 Å². The second-order valence-corrected chi connectivity index (χ2v) is 13.1. The Morgan fingerprint density at radius 1 is 0.840 bits per heavy atom. The summed E-state index contributed by atoms with van der Waals surface area (Å²) >= 11 is 0. The van der Waals surface area contributed by atoms with Gasteiger partial charge >= 0.3 is 6.09 Å². The number of piperidine rings is 1. The molecular weight excluding hydrogens is 640 g/mol. The number of amides is 3. The van der Waals surface area contributed by atoms with E-state index in [0.717, 1.165) is 22.1 Å². The number of ether oxygens (including phenoxy) is 4. The van der Waals surface area contributed by atoms with E-state index in [-0.39, 0.29) is 36.5 Å². The lowest BCUT2D eigenvalue weighted by Crippen LogP contribution is -2.49. The van der Waals surface area contributed by atoms with E-state index in [2.05, 4.69) is 10.6 Å². The maximum Gasteiger partial charge on any atom is 0.408 e. The number of pyridine rings is 1. The lowest BCUT2D eigenvalue weighted by atomic mass is 10.00. The van der Waals surface area contributed by atoms with Gasteiger partial charge in [0.2, 0.25) is 5.91 Å². The Kier molecular flexibility index (Phi) is 11.0. The molecular formula is C38H44N4O8. The minimum absolute atomic E-state index is 0.0888. The number of fused-ring (bicyclic) bond motifs is 1. The molecule has 12 nitrogen and oxygen atoms in total. The predicted octanol–water partition coefficient (Wildman–Crippen LogP) is 4.99. The molecule has 0 radical (unpaired) electrons.